The topological polar surface area (TPSA) is 114 Å². The monoisotopic (exact) mass is 438 g/mol. The van der Waals surface area contributed by atoms with Gasteiger partial charge in [0.25, 0.3) is 0 Å². The number of rotatable bonds is 7. The Morgan fingerprint density at radius 2 is 1.35 bits per heavy atom. The van der Waals surface area contributed by atoms with E-state index in [0.717, 1.165) is 13.8 Å². The van der Waals surface area contributed by atoms with Crippen LogP contribution in [0.2, 0.25) is 0 Å². The van der Waals surface area contributed by atoms with E-state index < -0.39 is 54.6 Å². The van der Waals surface area contributed by atoms with E-state index in [0.29, 0.717) is 11.8 Å². The van der Waals surface area contributed by atoms with Crippen LogP contribution in [0.4, 0.5) is 0 Å². The van der Waals surface area contributed by atoms with Gasteiger partial charge in [0, 0.05) is 32.5 Å². The van der Waals surface area contributed by atoms with Crippen LogP contribution < -0.4 is 0 Å². The lowest BCUT2D eigenvalue weighted by Crippen LogP contribution is -2.61. The van der Waals surface area contributed by atoms with Crippen molar-refractivity contribution < 1.29 is 42.9 Å². The van der Waals surface area contributed by atoms with Gasteiger partial charge >= 0.3 is 23.9 Å². The molecule has 5 atom stereocenters. The van der Waals surface area contributed by atoms with Crippen LogP contribution in [-0.2, 0) is 42.9 Å². The summed E-state index contributed by atoms with van der Waals surface area (Å²) in [5, 5.41) is 0.613. The Kier molecular flexibility index (Phi) is 9.00. The van der Waals surface area contributed by atoms with E-state index in [9.17, 15) is 19.2 Å². The molecule has 10 heteroatoms. The van der Waals surface area contributed by atoms with Crippen LogP contribution >= 0.6 is 15.9 Å². The number of halogens is 1. The van der Waals surface area contributed by atoms with Gasteiger partial charge in [0.15, 0.2) is 12.2 Å². The third kappa shape index (κ3) is 6.91. The molecule has 0 aromatic rings. The highest BCUT2D eigenvalue weighted by molar-refractivity contribution is 9.09. The molecule has 1 fully saturated rings. The molecule has 0 amide bonds. The van der Waals surface area contributed by atoms with Gasteiger partial charge in [-0.25, -0.2) is 0 Å². The first kappa shape index (κ1) is 22.4. The zero-order valence-electron chi connectivity index (χ0n) is 15.1. The number of alkyl halides is 1. The molecule has 1 aliphatic heterocycles. The van der Waals surface area contributed by atoms with Crippen LogP contribution in [0.15, 0.2) is 0 Å². The van der Waals surface area contributed by atoms with Gasteiger partial charge in [-0.3, -0.25) is 19.2 Å². The maximum absolute atomic E-state index is 11.9. The van der Waals surface area contributed by atoms with Crippen LogP contribution in [0.5, 0.6) is 0 Å². The van der Waals surface area contributed by atoms with Gasteiger partial charge in [0.1, 0.15) is 0 Å². The van der Waals surface area contributed by atoms with Gasteiger partial charge in [-0.1, -0.05) is 15.9 Å². The molecule has 148 valence electrons. The van der Waals surface area contributed by atoms with Crippen LogP contribution in [-0.4, -0.2) is 59.9 Å². The average molecular weight is 439 g/mol. The minimum absolute atomic E-state index is 0.123. The van der Waals surface area contributed by atoms with Crippen LogP contribution in [0.3, 0.4) is 0 Å². The summed E-state index contributed by atoms with van der Waals surface area (Å²) in [5.41, 5.74) is 0. The van der Waals surface area contributed by atoms with Gasteiger partial charge in [0.2, 0.25) is 12.4 Å². The van der Waals surface area contributed by atoms with Crippen molar-refractivity contribution in [3.8, 4) is 0 Å². The molecule has 0 spiro atoms. The fraction of sp³-hybridized carbons (Fsp3) is 0.750. The highest BCUT2D eigenvalue weighted by Crippen LogP contribution is 2.29. The Hall–Kier alpha value is -1.68. The predicted octanol–water partition coefficient (Wildman–Crippen LogP) is 1.24. The second-order valence-electron chi connectivity index (χ2n) is 5.71. The quantitative estimate of drug-likeness (QED) is 0.328. The first-order valence-electron chi connectivity index (χ1n) is 8.08. The lowest BCUT2D eigenvalue weighted by atomic mass is 9.99. The van der Waals surface area contributed by atoms with E-state index in [1.165, 1.54) is 6.92 Å². The van der Waals surface area contributed by atoms with Gasteiger partial charge in [0.05, 0.1) is 6.10 Å². The van der Waals surface area contributed by atoms with Gasteiger partial charge < -0.3 is 23.7 Å². The van der Waals surface area contributed by atoms with Crippen molar-refractivity contribution in [3.63, 3.8) is 0 Å². The Morgan fingerprint density at radius 1 is 0.846 bits per heavy atom. The van der Waals surface area contributed by atoms with E-state index in [1.807, 2.05) is 0 Å². The molecule has 9 nitrogen and oxygen atoms in total. The molecule has 0 radical (unpaired) electrons. The van der Waals surface area contributed by atoms with E-state index in [-0.39, 0.29) is 6.42 Å². The van der Waals surface area contributed by atoms with Crippen molar-refractivity contribution in [1.82, 2.24) is 0 Å². The molecule has 1 unspecified atom stereocenters. The summed E-state index contributed by atoms with van der Waals surface area (Å²) in [6.07, 6.45) is -4.89. The fourth-order valence-electron chi connectivity index (χ4n) is 2.46. The molecule has 0 N–H and O–H groups in total. The Morgan fingerprint density at radius 3 is 1.85 bits per heavy atom. The van der Waals surface area contributed by atoms with E-state index >= 15 is 0 Å². The maximum atomic E-state index is 11.9. The molecule has 1 heterocycles. The number of hydrogen-bond acceptors (Lipinski definition) is 9. The second-order valence-corrected chi connectivity index (χ2v) is 6.51. The highest BCUT2D eigenvalue weighted by atomic mass is 79.9. The summed E-state index contributed by atoms with van der Waals surface area (Å²) in [6, 6.07) is 0. The lowest BCUT2D eigenvalue weighted by molar-refractivity contribution is -0.293. The largest absolute Gasteiger partial charge is 0.456 e. The van der Waals surface area contributed by atoms with Gasteiger partial charge in [-0.05, 0) is 13.3 Å². The average Bonchev–Trinajstić information content (AvgIpc) is 2.51. The number of esters is 4. The van der Waals surface area contributed by atoms with E-state index in [2.05, 4.69) is 15.9 Å². The van der Waals surface area contributed by atoms with Crippen molar-refractivity contribution >= 4 is 39.8 Å². The number of hydrogen-bond donors (Lipinski definition) is 0. The van der Waals surface area contributed by atoms with Crippen molar-refractivity contribution in [2.45, 2.75) is 71.2 Å². The third-order valence-corrected chi connectivity index (χ3v) is 3.96. The molecular weight excluding hydrogens is 416 g/mol. The molecule has 0 aliphatic carbocycles. The summed E-state index contributed by atoms with van der Waals surface area (Å²) < 4.78 is 26.4. The zero-order valence-corrected chi connectivity index (χ0v) is 16.6. The van der Waals surface area contributed by atoms with Crippen LogP contribution in [0, 0.1) is 0 Å². The molecular formula is C16H23BrO9. The van der Waals surface area contributed by atoms with Crippen LogP contribution in [0.1, 0.15) is 40.5 Å². The van der Waals surface area contributed by atoms with Crippen molar-refractivity contribution in [2.24, 2.45) is 0 Å². The normalized spacial score (nSPS) is 28.0. The minimum Gasteiger partial charge on any atom is -0.456 e. The summed E-state index contributed by atoms with van der Waals surface area (Å²) in [7, 11) is 0. The first-order valence-corrected chi connectivity index (χ1v) is 9.20. The first-order chi connectivity index (χ1) is 12.1. The van der Waals surface area contributed by atoms with Crippen molar-refractivity contribution in [1.29, 1.82) is 0 Å². The lowest BCUT2D eigenvalue weighted by Gasteiger charge is -2.42. The number of ether oxygens (including phenoxy) is 5. The van der Waals surface area contributed by atoms with Crippen molar-refractivity contribution in [3.05, 3.63) is 0 Å². The minimum atomic E-state index is -1.30. The Labute approximate surface area is 159 Å². The SMILES string of the molecule is CC(=O)O[C@@H]1[C@@H](OC(C)=O)[C@@H](OC(C)=O)C(OC(=O)CCCBr)O[C@H]1C. The van der Waals surface area contributed by atoms with Crippen molar-refractivity contribution in [2.75, 3.05) is 5.33 Å². The maximum Gasteiger partial charge on any atom is 0.308 e. The number of carbonyl (C=O) groups excluding carboxylic acids is 4. The second kappa shape index (κ2) is 10.5. The van der Waals surface area contributed by atoms with Gasteiger partial charge in [-0.2, -0.15) is 0 Å². The summed E-state index contributed by atoms with van der Waals surface area (Å²) >= 11 is 3.21. The molecule has 0 bridgehead atoms. The highest BCUT2D eigenvalue weighted by Gasteiger charge is 2.51. The Balaban J connectivity index is 3.09. The zero-order chi connectivity index (χ0) is 19.9. The van der Waals surface area contributed by atoms with E-state index in [1.54, 1.807) is 6.92 Å². The van der Waals surface area contributed by atoms with Crippen LogP contribution in [0.25, 0.3) is 0 Å². The molecule has 26 heavy (non-hydrogen) atoms. The predicted molar refractivity (Wildman–Crippen MR) is 90.1 cm³/mol. The summed E-state index contributed by atoms with van der Waals surface area (Å²) in [5.74, 6) is -2.57. The molecule has 0 saturated carbocycles. The van der Waals surface area contributed by atoms with E-state index in [4.69, 9.17) is 23.7 Å². The smallest absolute Gasteiger partial charge is 0.308 e. The standard InChI is InChI=1S/C16H23BrO9/c1-8-13(23-9(2)18)14(24-10(3)19)15(25-11(4)20)16(22-8)26-12(21)6-5-7-17/h8,13-16H,5-7H2,1-4H3/t8-,13-,14+,15+,16?/m0/s1. The molecule has 0 aromatic carbocycles. The molecule has 1 aliphatic rings. The summed E-state index contributed by atoms with van der Waals surface area (Å²) in [6.45, 7) is 5.05. The molecule has 1 rings (SSSR count). The molecule has 0 aromatic heterocycles. The third-order valence-electron chi connectivity index (χ3n) is 3.40. The summed E-state index contributed by atoms with van der Waals surface area (Å²) in [4.78, 5) is 46.3. The van der Waals surface area contributed by atoms with Gasteiger partial charge in [-0.15, -0.1) is 0 Å². The Bertz CT molecular complexity index is 536. The fourth-order valence-corrected chi connectivity index (χ4v) is 2.74. The number of carbonyl (C=O) groups is 4. The molecule has 1 saturated heterocycles.